The van der Waals surface area contributed by atoms with E-state index in [-0.39, 0.29) is 5.97 Å². The molecule has 0 radical (unpaired) electrons. The van der Waals surface area contributed by atoms with Crippen molar-refractivity contribution >= 4 is 11.7 Å². The number of carbonyl (C=O) groups excluding carboxylic acids is 1. The molecule has 0 atom stereocenters. The molecular weight excluding hydrogens is 240 g/mol. The zero-order chi connectivity index (χ0) is 13.8. The van der Waals surface area contributed by atoms with Crippen LogP contribution in [-0.2, 0) is 9.63 Å². The maximum Gasteiger partial charge on any atom is 0.369 e. The molecule has 1 aliphatic heterocycles. The molecule has 0 bridgehead atoms. The molecule has 100 valence electrons. The highest BCUT2D eigenvalue weighted by atomic mass is 16.7. The predicted molar refractivity (Wildman–Crippen MR) is 74.8 cm³/mol. The summed E-state index contributed by atoms with van der Waals surface area (Å²) in [5, 5.41) is 3.92. The second kappa shape index (κ2) is 5.69. The third kappa shape index (κ3) is 2.67. The first-order valence-corrected chi connectivity index (χ1v) is 6.49. The number of hydrogen-bond acceptors (Lipinski definition) is 4. The van der Waals surface area contributed by atoms with E-state index in [1.165, 1.54) is 0 Å². The van der Waals surface area contributed by atoms with Gasteiger partial charge in [-0.05, 0) is 26.3 Å². The molecule has 1 aromatic rings. The lowest BCUT2D eigenvalue weighted by atomic mass is 9.99. The first-order valence-electron chi connectivity index (χ1n) is 6.49. The molecule has 4 nitrogen and oxygen atoms in total. The lowest BCUT2D eigenvalue weighted by Gasteiger charge is -2.16. The fraction of sp³-hybridized carbons (Fsp3) is 0.333. The van der Waals surface area contributed by atoms with Gasteiger partial charge >= 0.3 is 5.97 Å². The molecule has 1 aliphatic rings. The van der Waals surface area contributed by atoms with Crippen LogP contribution in [0, 0.1) is 6.92 Å². The molecule has 0 unspecified atom stereocenters. The maximum atomic E-state index is 11.8. The molecule has 0 saturated carbocycles. The van der Waals surface area contributed by atoms with E-state index in [4.69, 9.17) is 4.84 Å². The average molecular weight is 258 g/mol. The summed E-state index contributed by atoms with van der Waals surface area (Å²) in [6.07, 6.45) is 1.83. The van der Waals surface area contributed by atoms with Crippen molar-refractivity contribution in [3.63, 3.8) is 0 Å². The van der Waals surface area contributed by atoms with Crippen molar-refractivity contribution in [3.05, 3.63) is 47.2 Å². The van der Waals surface area contributed by atoms with E-state index >= 15 is 0 Å². The van der Waals surface area contributed by atoms with Gasteiger partial charge in [-0.15, -0.1) is 0 Å². The van der Waals surface area contributed by atoms with Gasteiger partial charge in [0.2, 0.25) is 0 Å². The summed E-state index contributed by atoms with van der Waals surface area (Å²) in [5.41, 5.74) is 3.16. The van der Waals surface area contributed by atoms with Crippen molar-refractivity contribution in [2.75, 3.05) is 13.1 Å². The van der Waals surface area contributed by atoms with Crippen molar-refractivity contribution in [2.24, 2.45) is 5.16 Å². The van der Waals surface area contributed by atoms with Crippen LogP contribution in [-0.4, -0.2) is 29.7 Å². The molecular formula is C15H18N2O2. The van der Waals surface area contributed by atoms with Crippen LogP contribution in [0.15, 0.2) is 41.2 Å². The first kappa shape index (κ1) is 13.3. The van der Waals surface area contributed by atoms with Crippen LogP contribution in [0.25, 0.3) is 0 Å². The van der Waals surface area contributed by atoms with E-state index in [2.05, 4.69) is 10.1 Å². The van der Waals surface area contributed by atoms with Crippen LogP contribution in [0.2, 0.25) is 0 Å². The number of benzene rings is 1. The number of aryl methyl sites for hydroxylation is 1. The summed E-state index contributed by atoms with van der Waals surface area (Å²) < 4.78 is 0. The van der Waals surface area contributed by atoms with Gasteiger partial charge in [0.25, 0.3) is 0 Å². The quantitative estimate of drug-likeness (QED) is 0.615. The Morgan fingerprint density at radius 2 is 1.95 bits per heavy atom. The van der Waals surface area contributed by atoms with Crippen molar-refractivity contribution in [1.29, 1.82) is 0 Å². The van der Waals surface area contributed by atoms with E-state index in [0.717, 1.165) is 24.2 Å². The Bertz CT molecular complexity index is 543. The van der Waals surface area contributed by atoms with Crippen LogP contribution in [0.4, 0.5) is 0 Å². The summed E-state index contributed by atoms with van der Waals surface area (Å²) in [7, 11) is 0. The van der Waals surface area contributed by atoms with Crippen molar-refractivity contribution in [3.8, 4) is 0 Å². The van der Waals surface area contributed by atoms with Gasteiger partial charge in [0.15, 0.2) is 0 Å². The summed E-state index contributed by atoms with van der Waals surface area (Å²) in [5.74, 6) is -0.384. The van der Waals surface area contributed by atoms with Gasteiger partial charge in [0, 0.05) is 24.9 Å². The number of nitrogens with zero attached hydrogens (tertiary/aromatic N) is 2. The molecule has 0 N–H and O–H groups in total. The minimum absolute atomic E-state index is 0.384. The van der Waals surface area contributed by atoms with Crippen LogP contribution >= 0.6 is 0 Å². The van der Waals surface area contributed by atoms with Gasteiger partial charge in [-0.3, -0.25) is 0 Å². The summed E-state index contributed by atoms with van der Waals surface area (Å²) in [6, 6.07) is 7.84. The lowest BCUT2D eigenvalue weighted by molar-refractivity contribution is -0.136. The molecule has 4 heteroatoms. The molecule has 0 amide bonds. The van der Waals surface area contributed by atoms with E-state index in [9.17, 15) is 4.79 Å². The van der Waals surface area contributed by atoms with Gasteiger partial charge in [-0.25, -0.2) is 4.79 Å². The Balaban J connectivity index is 2.40. The normalized spacial score (nSPS) is 16.5. The van der Waals surface area contributed by atoms with Gasteiger partial charge in [0.1, 0.15) is 11.3 Å². The molecule has 0 spiro atoms. The summed E-state index contributed by atoms with van der Waals surface area (Å²) >= 11 is 0. The second-order valence-corrected chi connectivity index (χ2v) is 4.40. The Kier molecular flexibility index (Phi) is 4.00. The highest BCUT2D eigenvalue weighted by Crippen LogP contribution is 2.20. The third-order valence-corrected chi connectivity index (χ3v) is 3.22. The third-order valence-electron chi connectivity index (χ3n) is 3.22. The van der Waals surface area contributed by atoms with Gasteiger partial charge < -0.3 is 9.74 Å². The minimum atomic E-state index is -0.384. The van der Waals surface area contributed by atoms with Gasteiger partial charge in [-0.1, -0.05) is 29.4 Å². The fourth-order valence-electron chi connectivity index (χ4n) is 2.02. The van der Waals surface area contributed by atoms with Crippen molar-refractivity contribution in [1.82, 2.24) is 4.90 Å². The van der Waals surface area contributed by atoms with Crippen molar-refractivity contribution < 1.29 is 9.63 Å². The molecule has 19 heavy (non-hydrogen) atoms. The zero-order valence-corrected chi connectivity index (χ0v) is 11.5. The van der Waals surface area contributed by atoms with Crippen LogP contribution in [0.3, 0.4) is 0 Å². The smallest absolute Gasteiger partial charge is 0.369 e. The van der Waals surface area contributed by atoms with E-state index < -0.39 is 0 Å². The van der Waals surface area contributed by atoms with Crippen LogP contribution in [0.1, 0.15) is 25.0 Å². The van der Waals surface area contributed by atoms with Crippen molar-refractivity contribution in [2.45, 2.75) is 20.8 Å². The Morgan fingerprint density at radius 1 is 1.26 bits per heavy atom. The van der Waals surface area contributed by atoms with Crippen LogP contribution < -0.4 is 0 Å². The zero-order valence-electron chi connectivity index (χ0n) is 11.5. The van der Waals surface area contributed by atoms with Gasteiger partial charge in [0.05, 0.1) is 0 Å². The molecule has 0 aromatic heterocycles. The Hall–Kier alpha value is -2.10. The monoisotopic (exact) mass is 258 g/mol. The lowest BCUT2D eigenvalue weighted by Crippen LogP contribution is -2.20. The van der Waals surface area contributed by atoms with E-state index in [0.29, 0.717) is 11.3 Å². The fourth-order valence-corrected chi connectivity index (χ4v) is 2.02. The Labute approximate surface area is 113 Å². The predicted octanol–water partition coefficient (Wildman–Crippen LogP) is 2.48. The van der Waals surface area contributed by atoms with Crippen LogP contribution in [0.5, 0.6) is 0 Å². The molecule has 1 aromatic carbocycles. The number of hydrogen-bond donors (Lipinski definition) is 0. The minimum Gasteiger partial charge on any atom is -0.377 e. The van der Waals surface area contributed by atoms with E-state index in [1.54, 1.807) is 0 Å². The maximum absolute atomic E-state index is 11.8. The second-order valence-electron chi connectivity index (χ2n) is 4.40. The highest BCUT2D eigenvalue weighted by molar-refractivity contribution is 6.29. The standard InChI is InChI=1S/C15H18N2O2/c1-4-17(5-2)10-13-14(16-19-15(13)18)12-9-7-6-8-11(12)3/h6-10H,4-5H2,1-3H3/b13-10-. The number of rotatable bonds is 4. The average Bonchev–Trinajstić information content (AvgIpc) is 2.78. The molecule has 1 heterocycles. The summed E-state index contributed by atoms with van der Waals surface area (Å²) in [6.45, 7) is 7.77. The first-order chi connectivity index (χ1) is 9.17. The Morgan fingerprint density at radius 3 is 2.58 bits per heavy atom. The topological polar surface area (TPSA) is 41.9 Å². The van der Waals surface area contributed by atoms with Gasteiger partial charge in [-0.2, -0.15) is 0 Å². The SMILES string of the molecule is CCN(/C=C1\C(=O)ON=C1c1ccccc1C)CC. The molecule has 0 saturated heterocycles. The molecule has 2 rings (SSSR count). The number of carbonyl (C=O) groups is 1. The highest BCUT2D eigenvalue weighted by Gasteiger charge is 2.28. The number of oxime groups is 1. The summed E-state index contributed by atoms with van der Waals surface area (Å²) in [4.78, 5) is 18.7. The largest absolute Gasteiger partial charge is 0.377 e. The van der Waals surface area contributed by atoms with E-state index in [1.807, 2.05) is 51.2 Å². The molecule has 0 aliphatic carbocycles. The molecule has 0 fully saturated rings.